The number of hydrogen-bond donors (Lipinski definition) is 0. The number of anilines is 1. The van der Waals surface area contributed by atoms with Crippen molar-refractivity contribution in [3.63, 3.8) is 0 Å². The average Bonchev–Trinajstić information content (AvgIpc) is 2.95. The van der Waals surface area contributed by atoms with Gasteiger partial charge < -0.3 is 4.90 Å². The minimum atomic E-state index is -4.36. The highest BCUT2D eigenvalue weighted by molar-refractivity contribution is 6.01. The SMILES string of the molecule is FC(F)(F)c1ccccc1N1CCCC1=Nc1ccccc1. The second-order valence-electron chi connectivity index (χ2n) is 5.13. The maximum atomic E-state index is 13.2. The normalized spacial score (nSPS) is 17.2. The topological polar surface area (TPSA) is 15.6 Å². The predicted molar refractivity (Wildman–Crippen MR) is 81.6 cm³/mol. The standard InChI is InChI=1S/C17H15F3N2/c18-17(19,20)14-9-4-5-10-15(14)22-12-6-11-16(22)21-13-7-2-1-3-8-13/h1-5,7-10H,6,11-12H2. The summed E-state index contributed by atoms with van der Waals surface area (Å²) in [6, 6.07) is 15.0. The molecule has 3 rings (SSSR count). The summed E-state index contributed by atoms with van der Waals surface area (Å²) in [5.74, 6) is 0.683. The van der Waals surface area contributed by atoms with Crippen LogP contribution in [0.25, 0.3) is 0 Å². The zero-order valence-electron chi connectivity index (χ0n) is 11.8. The molecule has 5 heteroatoms. The fourth-order valence-corrected chi connectivity index (χ4v) is 2.64. The third kappa shape index (κ3) is 2.98. The van der Waals surface area contributed by atoms with E-state index in [1.54, 1.807) is 11.0 Å². The molecule has 114 valence electrons. The van der Waals surface area contributed by atoms with Crippen molar-refractivity contribution in [2.75, 3.05) is 11.4 Å². The summed E-state index contributed by atoms with van der Waals surface area (Å²) < 4.78 is 39.6. The maximum absolute atomic E-state index is 13.2. The number of benzene rings is 2. The van der Waals surface area contributed by atoms with E-state index in [2.05, 4.69) is 4.99 Å². The van der Waals surface area contributed by atoms with Crippen LogP contribution in [0.1, 0.15) is 18.4 Å². The van der Waals surface area contributed by atoms with Gasteiger partial charge in [0.1, 0.15) is 5.84 Å². The van der Waals surface area contributed by atoms with Crippen LogP contribution < -0.4 is 4.90 Å². The van der Waals surface area contributed by atoms with Gasteiger partial charge in [0, 0.05) is 13.0 Å². The summed E-state index contributed by atoms with van der Waals surface area (Å²) >= 11 is 0. The molecule has 1 aliphatic rings. The molecule has 0 amide bonds. The van der Waals surface area contributed by atoms with Crippen LogP contribution in [0, 0.1) is 0 Å². The molecule has 1 fully saturated rings. The van der Waals surface area contributed by atoms with Crippen LogP contribution in [0.5, 0.6) is 0 Å². The highest BCUT2D eigenvalue weighted by Crippen LogP contribution is 2.38. The van der Waals surface area contributed by atoms with Crippen molar-refractivity contribution in [2.24, 2.45) is 4.99 Å². The van der Waals surface area contributed by atoms with Crippen LogP contribution in [0.2, 0.25) is 0 Å². The Morgan fingerprint density at radius 2 is 1.59 bits per heavy atom. The molecule has 2 aromatic rings. The van der Waals surface area contributed by atoms with Gasteiger partial charge in [-0.1, -0.05) is 30.3 Å². The Morgan fingerprint density at radius 3 is 2.32 bits per heavy atom. The molecular formula is C17H15F3N2. The first-order valence-corrected chi connectivity index (χ1v) is 7.12. The highest BCUT2D eigenvalue weighted by atomic mass is 19.4. The molecule has 0 unspecified atom stereocenters. The van der Waals surface area contributed by atoms with E-state index in [9.17, 15) is 13.2 Å². The fourth-order valence-electron chi connectivity index (χ4n) is 2.64. The summed E-state index contributed by atoms with van der Waals surface area (Å²) in [5, 5.41) is 0. The first-order chi connectivity index (χ1) is 10.6. The highest BCUT2D eigenvalue weighted by Gasteiger charge is 2.36. The first-order valence-electron chi connectivity index (χ1n) is 7.12. The van der Waals surface area contributed by atoms with Gasteiger partial charge in [0.2, 0.25) is 0 Å². The van der Waals surface area contributed by atoms with Crippen molar-refractivity contribution in [3.05, 3.63) is 60.2 Å². The lowest BCUT2D eigenvalue weighted by molar-refractivity contribution is -0.137. The Bertz CT molecular complexity index is 678. The molecule has 0 aromatic heterocycles. The summed E-state index contributed by atoms with van der Waals surface area (Å²) in [6.45, 7) is 0.554. The maximum Gasteiger partial charge on any atom is 0.418 e. The van der Waals surface area contributed by atoms with E-state index in [1.807, 2.05) is 30.3 Å². The van der Waals surface area contributed by atoms with Crippen LogP contribution in [0.15, 0.2) is 59.6 Å². The van der Waals surface area contributed by atoms with Gasteiger partial charge in [-0.3, -0.25) is 0 Å². The number of alkyl halides is 3. The van der Waals surface area contributed by atoms with E-state index in [0.29, 0.717) is 18.8 Å². The molecule has 0 saturated carbocycles. The van der Waals surface area contributed by atoms with Gasteiger partial charge >= 0.3 is 6.18 Å². The van der Waals surface area contributed by atoms with Gasteiger partial charge in [0.15, 0.2) is 0 Å². The van der Waals surface area contributed by atoms with Gasteiger partial charge in [-0.2, -0.15) is 13.2 Å². The molecule has 22 heavy (non-hydrogen) atoms. The predicted octanol–water partition coefficient (Wildman–Crippen LogP) is 5.04. The monoisotopic (exact) mass is 304 g/mol. The number of para-hydroxylation sites is 2. The van der Waals surface area contributed by atoms with Crippen molar-refractivity contribution in [1.29, 1.82) is 0 Å². The molecular weight excluding hydrogens is 289 g/mol. The van der Waals surface area contributed by atoms with Gasteiger partial charge in [-0.05, 0) is 30.7 Å². The summed E-state index contributed by atoms with van der Waals surface area (Å²) in [7, 11) is 0. The van der Waals surface area contributed by atoms with Crippen LogP contribution >= 0.6 is 0 Å². The first kappa shape index (κ1) is 14.6. The Kier molecular flexibility index (Phi) is 3.88. The second kappa shape index (κ2) is 5.83. The van der Waals surface area contributed by atoms with Crippen molar-refractivity contribution in [2.45, 2.75) is 19.0 Å². The van der Waals surface area contributed by atoms with Crippen LogP contribution in [-0.4, -0.2) is 12.4 Å². The van der Waals surface area contributed by atoms with Crippen molar-refractivity contribution in [3.8, 4) is 0 Å². The molecule has 0 N–H and O–H groups in total. The van der Waals surface area contributed by atoms with Gasteiger partial charge in [-0.25, -0.2) is 4.99 Å². The summed E-state index contributed by atoms with van der Waals surface area (Å²) in [4.78, 5) is 6.19. The third-order valence-electron chi connectivity index (χ3n) is 3.61. The van der Waals surface area contributed by atoms with E-state index in [0.717, 1.165) is 18.2 Å². The van der Waals surface area contributed by atoms with E-state index < -0.39 is 11.7 Å². The molecule has 1 heterocycles. The molecule has 1 aliphatic heterocycles. The summed E-state index contributed by atoms with van der Waals surface area (Å²) in [6.07, 6.45) is -2.88. The third-order valence-corrected chi connectivity index (χ3v) is 3.61. The number of rotatable bonds is 2. The summed E-state index contributed by atoms with van der Waals surface area (Å²) in [5.41, 5.74) is 0.328. The number of halogens is 3. The Balaban J connectivity index is 2.00. The lowest BCUT2D eigenvalue weighted by atomic mass is 10.1. The molecule has 2 aromatic carbocycles. The van der Waals surface area contributed by atoms with E-state index in [4.69, 9.17) is 0 Å². The molecule has 2 nitrogen and oxygen atoms in total. The van der Waals surface area contributed by atoms with Crippen molar-refractivity contribution < 1.29 is 13.2 Å². The van der Waals surface area contributed by atoms with E-state index >= 15 is 0 Å². The van der Waals surface area contributed by atoms with Gasteiger partial charge in [-0.15, -0.1) is 0 Å². The Labute approximate surface area is 126 Å². The zero-order chi connectivity index (χ0) is 15.6. The number of amidine groups is 1. The minimum absolute atomic E-state index is 0.183. The smallest absolute Gasteiger partial charge is 0.329 e. The molecule has 0 radical (unpaired) electrons. The van der Waals surface area contributed by atoms with E-state index in [1.165, 1.54) is 12.1 Å². The van der Waals surface area contributed by atoms with E-state index in [-0.39, 0.29) is 5.69 Å². The van der Waals surface area contributed by atoms with Crippen molar-refractivity contribution >= 4 is 17.2 Å². The zero-order valence-corrected chi connectivity index (χ0v) is 11.8. The minimum Gasteiger partial charge on any atom is -0.329 e. The van der Waals surface area contributed by atoms with Crippen LogP contribution in [-0.2, 0) is 6.18 Å². The number of hydrogen-bond acceptors (Lipinski definition) is 1. The fraction of sp³-hybridized carbons (Fsp3) is 0.235. The Morgan fingerprint density at radius 1 is 0.909 bits per heavy atom. The van der Waals surface area contributed by atoms with Gasteiger partial charge in [0.05, 0.1) is 16.9 Å². The molecule has 1 saturated heterocycles. The lowest BCUT2D eigenvalue weighted by Crippen LogP contribution is -2.26. The molecule has 0 atom stereocenters. The quantitative estimate of drug-likeness (QED) is 0.759. The molecule has 0 bridgehead atoms. The Hall–Kier alpha value is -2.30. The van der Waals surface area contributed by atoms with Gasteiger partial charge in [0.25, 0.3) is 0 Å². The van der Waals surface area contributed by atoms with Crippen LogP contribution in [0.3, 0.4) is 0 Å². The lowest BCUT2D eigenvalue weighted by Gasteiger charge is -2.23. The second-order valence-corrected chi connectivity index (χ2v) is 5.13. The molecule has 0 aliphatic carbocycles. The molecule has 0 spiro atoms. The average molecular weight is 304 g/mol. The largest absolute Gasteiger partial charge is 0.418 e. The van der Waals surface area contributed by atoms with Crippen molar-refractivity contribution in [1.82, 2.24) is 0 Å². The number of aliphatic imine (C=N–C) groups is 1. The van der Waals surface area contributed by atoms with Crippen LogP contribution in [0.4, 0.5) is 24.5 Å². The number of nitrogens with zero attached hydrogens (tertiary/aromatic N) is 2.